The van der Waals surface area contributed by atoms with E-state index in [1.807, 2.05) is 60.7 Å². The minimum atomic E-state index is -0.181. The summed E-state index contributed by atoms with van der Waals surface area (Å²) >= 11 is 0. The molecule has 6 nitrogen and oxygen atoms in total. The lowest BCUT2D eigenvalue weighted by Crippen LogP contribution is -2.26. The summed E-state index contributed by atoms with van der Waals surface area (Å²) in [5, 5.41) is 6.15. The number of carbonyl (C=O) groups is 1. The fourth-order valence-corrected chi connectivity index (χ4v) is 2.76. The molecule has 1 aromatic heterocycles. The zero-order valence-corrected chi connectivity index (χ0v) is 16.4. The monoisotopic (exact) mass is 391 g/mol. The molecule has 0 aliphatic rings. The van der Waals surface area contributed by atoms with Gasteiger partial charge in [-0.15, -0.1) is 0 Å². The molecular weight excluding hydrogens is 366 g/mol. The maximum absolute atomic E-state index is 12.3. The van der Waals surface area contributed by atoms with E-state index < -0.39 is 0 Å². The van der Waals surface area contributed by atoms with Gasteiger partial charge in [0.15, 0.2) is 0 Å². The predicted octanol–water partition coefficient (Wildman–Crippen LogP) is 3.55. The van der Waals surface area contributed by atoms with Crippen LogP contribution in [-0.2, 0) is 6.42 Å². The lowest BCUT2D eigenvalue weighted by atomic mass is 10.1. The summed E-state index contributed by atoms with van der Waals surface area (Å²) in [7, 11) is 1.63. The van der Waals surface area contributed by atoms with Crippen molar-refractivity contribution in [3.63, 3.8) is 0 Å². The quantitative estimate of drug-likeness (QED) is 0.517. The molecule has 0 aliphatic carbocycles. The zero-order chi connectivity index (χ0) is 20.3. The Morgan fingerprint density at radius 2 is 1.72 bits per heavy atom. The minimum absolute atomic E-state index is 0.181. The van der Waals surface area contributed by atoms with E-state index in [4.69, 9.17) is 9.47 Å². The van der Waals surface area contributed by atoms with Crippen molar-refractivity contribution in [2.45, 2.75) is 6.42 Å². The van der Waals surface area contributed by atoms with Crippen LogP contribution in [-0.4, -0.2) is 37.7 Å². The molecule has 3 rings (SSSR count). The first kappa shape index (κ1) is 20.2. The third-order valence-electron chi connectivity index (χ3n) is 4.29. The van der Waals surface area contributed by atoms with Crippen LogP contribution in [0.2, 0.25) is 0 Å². The van der Waals surface area contributed by atoms with Crippen molar-refractivity contribution in [2.75, 3.05) is 32.1 Å². The molecule has 150 valence electrons. The number of nitrogens with one attached hydrogen (secondary N) is 2. The summed E-state index contributed by atoms with van der Waals surface area (Å²) in [6, 6.07) is 21.1. The molecule has 1 heterocycles. The van der Waals surface area contributed by atoms with Gasteiger partial charge in [0.2, 0.25) is 0 Å². The minimum Gasteiger partial charge on any atom is -0.497 e. The Hall–Kier alpha value is -3.54. The lowest BCUT2D eigenvalue weighted by molar-refractivity contribution is 0.0949. The highest BCUT2D eigenvalue weighted by Crippen LogP contribution is 2.17. The molecule has 2 aromatic carbocycles. The maximum atomic E-state index is 12.3. The first-order valence-electron chi connectivity index (χ1n) is 9.53. The number of methoxy groups -OCH3 is 1. The van der Waals surface area contributed by atoms with Gasteiger partial charge in [0, 0.05) is 25.0 Å². The molecule has 0 atom stereocenters. The molecule has 29 heavy (non-hydrogen) atoms. The van der Waals surface area contributed by atoms with Gasteiger partial charge in [0.25, 0.3) is 5.91 Å². The number of amides is 1. The molecule has 0 saturated heterocycles. The van der Waals surface area contributed by atoms with Crippen LogP contribution >= 0.6 is 0 Å². The molecule has 0 aliphatic heterocycles. The number of carbonyl (C=O) groups excluding carboxylic acids is 1. The second-order valence-corrected chi connectivity index (χ2v) is 6.37. The van der Waals surface area contributed by atoms with E-state index in [0.29, 0.717) is 25.4 Å². The summed E-state index contributed by atoms with van der Waals surface area (Å²) in [5.41, 5.74) is 2.40. The Bertz CT molecular complexity index is 899. The van der Waals surface area contributed by atoms with E-state index in [2.05, 4.69) is 15.6 Å². The third kappa shape index (κ3) is 6.53. The number of pyridine rings is 1. The summed E-state index contributed by atoms with van der Waals surface area (Å²) < 4.78 is 10.8. The predicted molar refractivity (Wildman–Crippen MR) is 114 cm³/mol. The van der Waals surface area contributed by atoms with E-state index in [0.717, 1.165) is 23.6 Å². The number of anilines is 1. The fourth-order valence-electron chi connectivity index (χ4n) is 2.76. The van der Waals surface area contributed by atoms with Crippen LogP contribution in [0.4, 0.5) is 5.69 Å². The van der Waals surface area contributed by atoms with E-state index >= 15 is 0 Å². The molecule has 0 spiro atoms. The molecule has 1 amide bonds. The smallest absolute Gasteiger partial charge is 0.269 e. The van der Waals surface area contributed by atoms with Gasteiger partial charge in [0.05, 0.1) is 7.11 Å². The normalized spacial score (nSPS) is 10.2. The highest BCUT2D eigenvalue weighted by Gasteiger charge is 2.07. The van der Waals surface area contributed by atoms with Crippen LogP contribution in [0.3, 0.4) is 0 Å². The summed E-state index contributed by atoms with van der Waals surface area (Å²) in [6.45, 7) is 1.66. The van der Waals surface area contributed by atoms with Crippen LogP contribution in [0.1, 0.15) is 16.1 Å². The van der Waals surface area contributed by atoms with E-state index in [1.54, 1.807) is 19.4 Å². The Balaban J connectivity index is 1.41. The first-order valence-corrected chi connectivity index (χ1v) is 9.53. The standard InChI is InChI=1S/C23H25N3O3/c1-28-20-7-9-21(10-8-20)29-16-15-24-19-12-14-25-22(17-19)23(27)26-13-11-18-5-3-2-4-6-18/h2-10,12,14,17H,11,13,15-16H2,1H3,(H,24,25)(H,26,27). The molecule has 2 N–H and O–H groups in total. The molecule has 3 aromatic rings. The lowest BCUT2D eigenvalue weighted by Gasteiger charge is -2.10. The fraction of sp³-hybridized carbons (Fsp3) is 0.217. The van der Waals surface area contributed by atoms with Crippen LogP contribution in [0, 0.1) is 0 Å². The zero-order valence-electron chi connectivity index (χ0n) is 16.4. The van der Waals surface area contributed by atoms with Gasteiger partial charge in [-0.3, -0.25) is 9.78 Å². The van der Waals surface area contributed by atoms with Gasteiger partial charge in [-0.2, -0.15) is 0 Å². The number of benzene rings is 2. The van der Waals surface area contributed by atoms with Gasteiger partial charge >= 0.3 is 0 Å². The summed E-state index contributed by atoms with van der Waals surface area (Å²) in [4.78, 5) is 16.5. The highest BCUT2D eigenvalue weighted by molar-refractivity contribution is 5.93. The first-order chi connectivity index (χ1) is 14.2. The van der Waals surface area contributed by atoms with Crippen molar-refractivity contribution in [2.24, 2.45) is 0 Å². The SMILES string of the molecule is COc1ccc(OCCNc2ccnc(C(=O)NCCc3ccccc3)c2)cc1. The second kappa shape index (κ2) is 10.7. The van der Waals surface area contributed by atoms with Crippen LogP contribution in [0.25, 0.3) is 0 Å². The van der Waals surface area contributed by atoms with E-state index in [1.165, 1.54) is 5.56 Å². The van der Waals surface area contributed by atoms with Crippen LogP contribution in [0.15, 0.2) is 72.9 Å². The third-order valence-corrected chi connectivity index (χ3v) is 4.29. The number of aromatic nitrogens is 1. The summed E-state index contributed by atoms with van der Waals surface area (Å²) in [5.74, 6) is 1.39. The number of rotatable bonds is 10. The second-order valence-electron chi connectivity index (χ2n) is 6.37. The molecule has 0 radical (unpaired) electrons. The van der Waals surface area contributed by atoms with Crippen molar-refractivity contribution >= 4 is 11.6 Å². The average molecular weight is 391 g/mol. The summed E-state index contributed by atoms with van der Waals surface area (Å²) in [6.07, 6.45) is 2.41. The van der Waals surface area contributed by atoms with Crippen LogP contribution in [0.5, 0.6) is 11.5 Å². The highest BCUT2D eigenvalue weighted by atomic mass is 16.5. The number of hydrogen-bond acceptors (Lipinski definition) is 5. The molecule has 0 bridgehead atoms. The average Bonchev–Trinajstić information content (AvgIpc) is 2.78. The Morgan fingerprint density at radius 1 is 0.966 bits per heavy atom. The van der Waals surface area contributed by atoms with Crippen molar-refractivity contribution in [1.29, 1.82) is 0 Å². The topological polar surface area (TPSA) is 72.5 Å². The van der Waals surface area contributed by atoms with Crippen molar-refractivity contribution in [3.8, 4) is 11.5 Å². The van der Waals surface area contributed by atoms with E-state index in [-0.39, 0.29) is 5.91 Å². The molecule has 0 fully saturated rings. The number of nitrogens with zero attached hydrogens (tertiary/aromatic N) is 1. The van der Waals surface area contributed by atoms with Crippen molar-refractivity contribution in [3.05, 3.63) is 84.2 Å². The maximum Gasteiger partial charge on any atom is 0.269 e. The van der Waals surface area contributed by atoms with Gasteiger partial charge in [0.1, 0.15) is 23.8 Å². The van der Waals surface area contributed by atoms with Gasteiger partial charge in [-0.1, -0.05) is 30.3 Å². The van der Waals surface area contributed by atoms with Gasteiger partial charge in [-0.05, 0) is 48.4 Å². The number of hydrogen-bond donors (Lipinski definition) is 2. The van der Waals surface area contributed by atoms with E-state index in [9.17, 15) is 4.79 Å². The Morgan fingerprint density at radius 3 is 2.48 bits per heavy atom. The Kier molecular flexibility index (Phi) is 7.46. The number of ether oxygens (including phenoxy) is 2. The largest absolute Gasteiger partial charge is 0.497 e. The molecule has 0 unspecified atom stereocenters. The van der Waals surface area contributed by atoms with Gasteiger partial charge in [-0.25, -0.2) is 0 Å². The molecular formula is C23H25N3O3. The Labute approximate surface area is 170 Å². The van der Waals surface area contributed by atoms with Crippen LogP contribution < -0.4 is 20.1 Å². The molecule has 0 saturated carbocycles. The molecule has 6 heteroatoms. The van der Waals surface area contributed by atoms with Crippen molar-refractivity contribution in [1.82, 2.24) is 10.3 Å². The van der Waals surface area contributed by atoms with Crippen molar-refractivity contribution < 1.29 is 14.3 Å². The van der Waals surface area contributed by atoms with Gasteiger partial charge < -0.3 is 20.1 Å².